The van der Waals surface area contributed by atoms with E-state index in [-0.39, 0.29) is 30.4 Å². The van der Waals surface area contributed by atoms with Crippen LogP contribution >= 0.6 is 0 Å². The zero-order valence-corrected chi connectivity index (χ0v) is 20.4. The number of rotatable bonds is 9. The second-order valence-electron chi connectivity index (χ2n) is 9.73. The Balaban J connectivity index is 1.21. The normalized spacial score (nSPS) is 18.5. The van der Waals surface area contributed by atoms with Gasteiger partial charge in [0.05, 0.1) is 0 Å². The molecule has 0 aromatic heterocycles. The Kier molecular flexibility index (Phi) is 7.73. The highest BCUT2D eigenvalue weighted by Crippen LogP contribution is 2.44. The van der Waals surface area contributed by atoms with Crippen molar-refractivity contribution in [1.29, 1.82) is 0 Å². The molecule has 0 spiro atoms. The Morgan fingerprint density at radius 2 is 1.66 bits per heavy atom. The third-order valence-corrected chi connectivity index (χ3v) is 7.22. The van der Waals surface area contributed by atoms with Crippen LogP contribution < -0.4 is 5.32 Å². The molecule has 2 aromatic carbocycles. The van der Waals surface area contributed by atoms with E-state index in [2.05, 4.69) is 29.6 Å². The number of fused-ring (bicyclic) bond motifs is 3. The number of nitrogens with zero attached hydrogens (tertiary/aromatic N) is 1. The summed E-state index contributed by atoms with van der Waals surface area (Å²) in [6, 6.07) is 15.7. The minimum absolute atomic E-state index is 0.0236. The van der Waals surface area contributed by atoms with Gasteiger partial charge in [-0.2, -0.15) is 0 Å². The quantitative estimate of drug-likeness (QED) is 0.540. The molecule has 1 aliphatic carbocycles. The summed E-state index contributed by atoms with van der Waals surface area (Å²) in [5, 5.41) is 12.2. The first-order valence-electron chi connectivity index (χ1n) is 12.5. The fourth-order valence-electron chi connectivity index (χ4n) is 5.34. The van der Waals surface area contributed by atoms with E-state index in [9.17, 15) is 19.5 Å². The van der Waals surface area contributed by atoms with E-state index in [0.29, 0.717) is 25.8 Å². The third-order valence-electron chi connectivity index (χ3n) is 7.22. The van der Waals surface area contributed by atoms with Crippen molar-refractivity contribution in [3.63, 3.8) is 0 Å². The van der Waals surface area contributed by atoms with Crippen molar-refractivity contribution in [1.82, 2.24) is 10.2 Å². The molecule has 1 fully saturated rings. The summed E-state index contributed by atoms with van der Waals surface area (Å²) in [4.78, 5) is 38.0. The van der Waals surface area contributed by atoms with Gasteiger partial charge >= 0.3 is 12.1 Å². The minimum atomic E-state index is -0.927. The lowest BCUT2D eigenvalue weighted by molar-refractivity contribution is -0.149. The molecule has 1 saturated heterocycles. The van der Waals surface area contributed by atoms with Gasteiger partial charge in [-0.15, -0.1) is 0 Å². The molecule has 0 bridgehead atoms. The molecule has 0 saturated carbocycles. The van der Waals surface area contributed by atoms with Gasteiger partial charge in [0.25, 0.3) is 0 Å². The maximum atomic E-state index is 12.7. The predicted molar refractivity (Wildman–Crippen MR) is 133 cm³/mol. The van der Waals surface area contributed by atoms with Crippen molar-refractivity contribution < 1.29 is 24.2 Å². The van der Waals surface area contributed by atoms with Crippen LogP contribution in [0.5, 0.6) is 0 Å². The average Bonchev–Trinajstić information content (AvgIpc) is 3.46. The monoisotopic (exact) mass is 478 g/mol. The standard InChI is InChI=1S/C28H34N2O5/c1-18(26(31)30-16-8-15-25(30)27(32)33)9-7-10-19(2)29-28(34)35-17-24-22-13-5-3-11-20(22)21-12-4-6-14-23(21)24/h3-6,11-14,18-19,24-25H,7-10,15-17H2,1-2H3,(H,29,34)(H,32,33)/t18?,19?,25-/m0/s1. The van der Waals surface area contributed by atoms with Crippen LogP contribution in [0.3, 0.4) is 0 Å². The minimum Gasteiger partial charge on any atom is -0.480 e. The largest absolute Gasteiger partial charge is 0.480 e. The van der Waals surface area contributed by atoms with Crippen molar-refractivity contribution in [3.05, 3.63) is 59.7 Å². The maximum Gasteiger partial charge on any atom is 0.407 e. The second kappa shape index (κ2) is 10.9. The second-order valence-corrected chi connectivity index (χ2v) is 9.73. The Labute approximate surface area is 206 Å². The van der Waals surface area contributed by atoms with Crippen LogP contribution in [0.2, 0.25) is 0 Å². The lowest BCUT2D eigenvalue weighted by Crippen LogP contribution is -2.43. The number of carbonyl (C=O) groups excluding carboxylic acids is 2. The number of carbonyl (C=O) groups is 3. The first-order valence-corrected chi connectivity index (χ1v) is 12.5. The first-order chi connectivity index (χ1) is 16.9. The zero-order chi connectivity index (χ0) is 24.9. The van der Waals surface area contributed by atoms with Crippen LogP contribution in [0, 0.1) is 5.92 Å². The molecule has 35 heavy (non-hydrogen) atoms. The lowest BCUT2D eigenvalue weighted by atomic mass is 9.98. The fraction of sp³-hybridized carbons (Fsp3) is 0.464. The number of aliphatic carboxylic acids is 1. The fourth-order valence-corrected chi connectivity index (χ4v) is 5.34. The number of likely N-dealkylation sites (tertiary alicyclic amines) is 1. The highest BCUT2D eigenvalue weighted by atomic mass is 16.5. The number of nitrogens with one attached hydrogen (secondary N) is 1. The van der Waals surface area contributed by atoms with Crippen LogP contribution in [0.25, 0.3) is 11.1 Å². The summed E-state index contributed by atoms with van der Waals surface area (Å²) in [5.41, 5.74) is 4.74. The molecular formula is C28H34N2O5. The molecule has 3 atom stereocenters. The van der Waals surface area contributed by atoms with Gasteiger partial charge in [-0.25, -0.2) is 9.59 Å². The average molecular weight is 479 g/mol. The van der Waals surface area contributed by atoms with Crippen LogP contribution in [0.15, 0.2) is 48.5 Å². The number of carboxylic acid groups (broad SMARTS) is 1. The number of hydrogen-bond acceptors (Lipinski definition) is 4. The van der Waals surface area contributed by atoms with Crippen molar-refractivity contribution >= 4 is 18.0 Å². The van der Waals surface area contributed by atoms with Crippen molar-refractivity contribution in [2.24, 2.45) is 5.92 Å². The van der Waals surface area contributed by atoms with Crippen LogP contribution in [0.4, 0.5) is 4.79 Å². The van der Waals surface area contributed by atoms with Crippen LogP contribution in [0.1, 0.15) is 63.0 Å². The summed E-state index contributed by atoms with van der Waals surface area (Å²) in [7, 11) is 0. The molecule has 2 aromatic rings. The van der Waals surface area contributed by atoms with Gasteiger partial charge < -0.3 is 20.1 Å². The summed E-state index contributed by atoms with van der Waals surface area (Å²) >= 11 is 0. The summed E-state index contributed by atoms with van der Waals surface area (Å²) in [6.07, 6.45) is 2.93. The van der Waals surface area contributed by atoms with Crippen LogP contribution in [-0.2, 0) is 14.3 Å². The van der Waals surface area contributed by atoms with Crippen LogP contribution in [-0.4, -0.2) is 53.2 Å². The molecule has 1 aliphatic heterocycles. The molecule has 2 amide bonds. The van der Waals surface area contributed by atoms with E-state index in [1.165, 1.54) is 27.2 Å². The number of ether oxygens (including phenoxy) is 1. The van der Waals surface area contributed by atoms with Gasteiger partial charge in [0.2, 0.25) is 5.91 Å². The van der Waals surface area contributed by atoms with Crippen molar-refractivity contribution in [3.8, 4) is 11.1 Å². The highest BCUT2D eigenvalue weighted by Gasteiger charge is 2.35. The summed E-state index contributed by atoms with van der Waals surface area (Å²) in [6.45, 7) is 4.57. The molecule has 186 valence electrons. The smallest absolute Gasteiger partial charge is 0.407 e. The van der Waals surface area contributed by atoms with Gasteiger partial charge in [0.15, 0.2) is 0 Å². The van der Waals surface area contributed by atoms with E-state index >= 15 is 0 Å². The topological polar surface area (TPSA) is 95.9 Å². The Hall–Kier alpha value is -3.35. The molecule has 2 aliphatic rings. The molecule has 7 nitrogen and oxygen atoms in total. The van der Waals surface area contributed by atoms with Gasteiger partial charge in [0.1, 0.15) is 12.6 Å². The van der Waals surface area contributed by atoms with E-state index < -0.39 is 18.1 Å². The lowest BCUT2D eigenvalue weighted by Gasteiger charge is -2.25. The molecule has 7 heteroatoms. The SMILES string of the molecule is CC(CCCC(C)C(=O)N1CCC[C@H]1C(=O)O)NC(=O)OCC1c2ccccc2-c2ccccc21. The number of alkyl carbamates (subject to hydrolysis) is 1. The molecule has 4 rings (SSSR count). The third kappa shape index (κ3) is 5.50. The number of benzene rings is 2. The molecule has 0 radical (unpaired) electrons. The zero-order valence-electron chi connectivity index (χ0n) is 20.4. The Morgan fingerprint density at radius 1 is 1.03 bits per heavy atom. The molecule has 1 heterocycles. The number of hydrogen-bond donors (Lipinski definition) is 2. The van der Waals surface area contributed by atoms with Gasteiger partial charge in [-0.1, -0.05) is 61.9 Å². The van der Waals surface area contributed by atoms with E-state index in [1.807, 2.05) is 38.1 Å². The Bertz CT molecular complexity index is 1040. The predicted octanol–water partition coefficient (Wildman–Crippen LogP) is 4.80. The van der Waals surface area contributed by atoms with E-state index in [1.54, 1.807) is 0 Å². The molecular weight excluding hydrogens is 444 g/mol. The van der Waals surface area contributed by atoms with Gasteiger partial charge in [-0.3, -0.25) is 4.79 Å². The molecule has 2 unspecified atom stereocenters. The van der Waals surface area contributed by atoms with Crippen molar-refractivity contribution in [2.45, 2.75) is 64.0 Å². The summed E-state index contributed by atoms with van der Waals surface area (Å²) < 4.78 is 5.61. The summed E-state index contributed by atoms with van der Waals surface area (Å²) in [5.74, 6) is -1.23. The van der Waals surface area contributed by atoms with Gasteiger partial charge in [-0.05, 0) is 54.9 Å². The first kappa shape index (κ1) is 24.8. The van der Waals surface area contributed by atoms with Gasteiger partial charge in [0, 0.05) is 24.4 Å². The number of amides is 2. The maximum absolute atomic E-state index is 12.7. The molecule has 2 N–H and O–H groups in total. The van der Waals surface area contributed by atoms with E-state index in [4.69, 9.17) is 4.74 Å². The highest BCUT2D eigenvalue weighted by molar-refractivity contribution is 5.85. The van der Waals surface area contributed by atoms with E-state index in [0.717, 1.165) is 12.8 Å². The van der Waals surface area contributed by atoms with Crippen molar-refractivity contribution in [2.75, 3.05) is 13.2 Å². The Morgan fingerprint density at radius 3 is 2.29 bits per heavy atom. The number of carboxylic acids is 1.